The van der Waals surface area contributed by atoms with Crippen LogP contribution in [0.5, 0.6) is 5.75 Å². The zero-order valence-electron chi connectivity index (χ0n) is 14.8. The van der Waals surface area contributed by atoms with Crippen molar-refractivity contribution in [2.24, 2.45) is 11.8 Å². The average Bonchev–Trinajstić information content (AvgIpc) is 3.18. The number of amides is 2. The van der Waals surface area contributed by atoms with Gasteiger partial charge in [-0.05, 0) is 23.3 Å². The van der Waals surface area contributed by atoms with Crippen LogP contribution in [0.4, 0.5) is 0 Å². The minimum Gasteiger partial charge on any atom is -0.497 e. The van der Waals surface area contributed by atoms with Crippen molar-refractivity contribution < 1.29 is 14.3 Å². The van der Waals surface area contributed by atoms with Crippen molar-refractivity contribution in [3.8, 4) is 5.75 Å². The largest absolute Gasteiger partial charge is 0.497 e. The molecule has 2 aliphatic heterocycles. The molecule has 0 bridgehead atoms. The first-order chi connectivity index (χ1) is 12.7. The topological polar surface area (TPSA) is 49.9 Å². The Morgan fingerprint density at radius 2 is 1.42 bits per heavy atom. The van der Waals surface area contributed by atoms with Gasteiger partial charge in [0.1, 0.15) is 5.75 Å². The zero-order valence-corrected chi connectivity index (χ0v) is 14.8. The van der Waals surface area contributed by atoms with Crippen LogP contribution in [0, 0.1) is 11.8 Å². The van der Waals surface area contributed by atoms with Crippen molar-refractivity contribution in [2.75, 3.05) is 20.2 Å². The molecule has 0 spiro atoms. The van der Waals surface area contributed by atoms with E-state index in [1.807, 2.05) is 42.5 Å². The molecule has 26 heavy (non-hydrogen) atoms. The lowest BCUT2D eigenvalue weighted by Crippen LogP contribution is -2.35. The van der Waals surface area contributed by atoms with E-state index in [1.54, 1.807) is 7.11 Å². The number of carbonyl (C=O) groups is 2. The van der Waals surface area contributed by atoms with E-state index in [4.69, 9.17) is 4.74 Å². The highest BCUT2D eigenvalue weighted by Gasteiger charge is 2.51. The predicted molar refractivity (Wildman–Crippen MR) is 97.3 cm³/mol. The number of benzene rings is 2. The summed E-state index contributed by atoms with van der Waals surface area (Å²) in [6.07, 6.45) is 0. The number of nitrogens with zero attached hydrogens (tertiary/aromatic N) is 2. The first kappa shape index (κ1) is 16.8. The Hall–Kier alpha value is -2.66. The van der Waals surface area contributed by atoms with E-state index < -0.39 is 0 Å². The van der Waals surface area contributed by atoms with E-state index in [2.05, 4.69) is 17.0 Å². The number of hydrogen-bond donors (Lipinski definition) is 0. The summed E-state index contributed by atoms with van der Waals surface area (Å²) in [6, 6.07) is 17.7. The van der Waals surface area contributed by atoms with Gasteiger partial charge in [0.15, 0.2) is 0 Å². The van der Waals surface area contributed by atoms with Crippen LogP contribution in [0.15, 0.2) is 54.6 Å². The second kappa shape index (κ2) is 6.92. The molecule has 2 amide bonds. The maximum Gasteiger partial charge on any atom is 0.234 e. The van der Waals surface area contributed by atoms with E-state index in [0.29, 0.717) is 19.6 Å². The van der Waals surface area contributed by atoms with Gasteiger partial charge in [0, 0.05) is 19.6 Å². The minimum atomic E-state index is -0.204. The maximum atomic E-state index is 12.8. The van der Waals surface area contributed by atoms with Gasteiger partial charge >= 0.3 is 0 Å². The monoisotopic (exact) mass is 350 g/mol. The third kappa shape index (κ3) is 3.10. The van der Waals surface area contributed by atoms with Gasteiger partial charge in [0.25, 0.3) is 0 Å². The lowest BCUT2D eigenvalue weighted by Gasteiger charge is -2.20. The smallest absolute Gasteiger partial charge is 0.234 e. The summed E-state index contributed by atoms with van der Waals surface area (Å²) in [5.74, 6) is 0.285. The van der Waals surface area contributed by atoms with E-state index in [0.717, 1.165) is 17.9 Å². The molecule has 2 saturated heterocycles. The third-order valence-corrected chi connectivity index (χ3v) is 5.31. The van der Waals surface area contributed by atoms with E-state index in [-0.39, 0.29) is 23.7 Å². The molecule has 4 rings (SSSR count). The summed E-state index contributed by atoms with van der Waals surface area (Å²) in [5.41, 5.74) is 2.15. The minimum absolute atomic E-state index is 0.0358. The Morgan fingerprint density at radius 1 is 0.846 bits per heavy atom. The Kier molecular flexibility index (Phi) is 4.47. The molecule has 0 saturated carbocycles. The van der Waals surface area contributed by atoms with Crippen LogP contribution >= 0.6 is 0 Å². The number of ether oxygens (including phenoxy) is 1. The molecule has 0 N–H and O–H groups in total. The summed E-state index contributed by atoms with van der Waals surface area (Å²) in [6.45, 7) is 2.44. The molecule has 0 radical (unpaired) electrons. The van der Waals surface area contributed by atoms with Crippen LogP contribution in [0.25, 0.3) is 0 Å². The van der Waals surface area contributed by atoms with Gasteiger partial charge in [-0.15, -0.1) is 0 Å². The molecule has 5 heteroatoms. The van der Waals surface area contributed by atoms with Crippen LogP contribution in [0.3, 0.4) is 0 Å². The second-order valence-corrected chi connectivity index (χ2v) is 7.00. The van der Waals surface area contributed by atoms with Crippen molar-refractivity contribution >= 4 is 11.8 Å². The summed E-state index contributed by atoms with van der Waals surface area (Å²) in [5, 5.41) is 0. The average molecular weight is 350 g/mol. The maximum absolute atomic E-state index is 12.8. The molecule has 5 nitrogen and oxygen atoms in total. The second-order valence-electron chi connectivity index (χ2n) is 7.00. The Morgan fingerprint density at radius 3 is 2.00 bits per heavy atom. The number of fused-ring (bicyclic) bond motifs is 1. The Labute approximate surface area is 153 Å². The number of imide groups is 1. The van der Waals surface area contributed by atoms with Crippen molar-refractivity contribution in [1.29, 1.82) is 0 Å². The highest BCUT2D eigenvalue weighted by atomic mass is 16.5. The van der Waals surface area contributed by atoms with Crippen LogP contribution in [0.2, 0.25) is 0 Å². The first-order valence-corrected chi connectivity index (χ1v) is 8.90. The number of carbonyl (C=O) groups excluding carboxylic acids is 2. The van der Waals surface area contributed by atoms with Crippen LogP contribution in [-0.4, -0.2) is 41.8 Å². The van der Waals surface area contributed by atoms with E-state index in [1.165, 1.54) is 10.5 Å². The lowest BCUT2D eigenvalue weighted by molar-refractivity contribution is -0.141. The van der Waals surface area contributed by atoms with Gasteiger partial charge in [-0.3, -0.25) is 19.4 Å². The molecule has 2 aromatic carbocycles. The predicted octanol–water partition coefficient (Wildman–Crippen LogP) is 2.31. The SMILES string of the molecule is COc1ccc(CN2C(=O)[C@H]3CN(Cc4ccccc4)C[C@H]3C2=O)cc1. The number of likely N-dealkylation sites (tertiary alicyclic amines) is 2. The lowest BCUT2D eigenvalue weighted by atomic mass is 10.00. The molecule has 0 aliphatic carbocycles. The highest BCUT2D eigenvalue weighted by Crippen LogP contribution is 2.35. The van der Waals surface area contributed by atoms with Crippen LogP contribution in [-0.2, 0) is 22.7 Å². The molecule has 2 fully saturated rings. The summed E-state index contributed by atoms with van der Waals surface area (Å²) in [7, 11) is 1.62. The molecular formula is C21H22N2O3. The van der Waals surface area contributed by atoms with Crippen molar-refractivity contribution in [2.45, 2.75) is 13.1 Å². The first-order valence-electron chi connectivity index (χ1n) is 8.90. The van der Waals surface area contributed by atoms with E-state index in [9.17, 15) is 9.59 Å². The van der Waals surface area contributed by atoms with Crippen molar-refractivity contribution in [3.05, 3.63) is 65.7 Å². The van der Waals surface area contributed by atoms with Gasteiger partial charge in [-0.1, -0.05) is 42.5 Å². The van der Waals surface area contributed by atoms with E-state index >= 15 is 0 Å². The molecule has 0 aromatic heterocycles. The Bertz CT molecular complexity index is 780. The number of methoxy groups -OCH3 is 1. The normalized spacial score (nSPS) is 22.7. The fourth-order valence-electron chi connectivity index (χ4n) is 3.93. The number of rotatable bonds is 5. The molecule has 2 aromatic rings. The van der Waals surface area contributed by atoms with Crippen LogP contribution < -0.4 is 4.74 Å². The molecule has 2 heterocycles. The molecular weight excluding hydrogens is 328 g/mol. The van der Waals surface area contributed by atoms with Gasteiger partial charge in [-0.25, -0.2) is 0 Å². The fraction of sp³-hybridized carbons (Fsp3) is 0.333. The van der Waals surface area contributed by atoms with Crippen molar-refractivity contribution in [3.63, 3.8) is 0 Å². The van der Waals surface area contributed by atoms with Gasteiger partial charge < -0.3 is 4.74 Å². The molecule has 0 unspecified atom stereocenters. The van der Waals surface area contributed by atoms with Gasteiger partial charge in [0.05, 0.1) is 25.5 Å². The van der Waals surface area contributed by atoms with Gasteiger partial charge in [0.2, 0.25) is 11.8 Å². The van der Waals surface area contributed by atoms with Crippen LogP contribution in [0.1, 0.15) is 11.1 Å². The Balaban J connectivity index is 1.42. The zero-order chi connectivity index (χ0) is 18.1. The van der Waals surface area contributed by atoms with Gasteiger partial charge in [-0.2, -0.15) is 0 Å². The van der Waals surface area contributed by atoms with Crippen molar-refractivity contribution in [1.82, 2.24) is 9.80 Å². The molecule has 2 atom stereocenters. The summed E-state index contributed by atoms with van der Waals surface area (Å²) in [4.78, 5) is 29.2. The summed E-state index contributed by atoms with van der Waals surface area (Å²) >= 11 is 0. The summed E-state index contributed by atoms with van der Waals surface area (Å²) < 4.78 is 5.15. The standard InChI is InChI=1S/C21H22N2O3/c1-26-17-9-7-16(8-10-17)12-23-20(24)18-13-22(14-19(18)21(23)25)11-15-5-3-2-4-6-15/h2-10,18-19H,11-14H2,1H3/t18-,19+. The quantitative estimate of drug-likeness (QED) is 0.777. The highest BCUT2D eigenvalue weighted by molar-refractivity contribution is 6.05. The molecule has 2 aliphatic rings. The number of hydrogen-bond acceptors (Lipinski definition) is 4. The molecule has 134 valence electrons. The third-order valence-electron chi connectivity index (χ3n) is 5.31. The fourth-order valence-corrected chi connectivity index (χ4v) is 3.93.